The topological polar surface area (TPSA) is 80.4 Å². The lowest BCUT2D eigenvalue weighted by molar-refractivity contribution is -0.384. The first-order valence-corrected chi connectivity index (χ1v) is 4.09. The molecule has 14 heavy (non-hydrogen) atoms. The van der Waals surface area contributed by atoms with E-state index in [9.17, 15) is 14.9 Å². The van der Waals surface area contributed by atoms with E-state index in [1.807, 2.05) is 13.8 Å². The molecule has 5 nitrogen and oxygen atoms in total. The van der Waals surface area contributed by atoms with E-state index < -0.39 is 10.9 Å². The Hall–Kier alpha value is -1.91. The largest absolute Gasteiger partial charge is 0.478 e. The fraction of sp³-hybridized carbons (Fsp3) is 0.222. The molecule has 1 aromatic carbocycles. The van der Waals surface area contributed by atoms with Crippen molar-refractivity contribution in [2.75, 3.05) is 0 Å². The normalized spacial score (nSPS) is 8.43. The number of hydrogen-bond acceptors (Lipinski definition) is 3. The van der Waals surface area contributed by atoms with Gasteiger partial charge in [-0.05, 0) is 6.07 Å². The van der Waals surface area contributed by atoms with Gasteiger partial charge in [-0.1, -0.05) is 19.9 Å². The second-order valence-corrected chi connectivity index (χ2v) is 2.11. The maximum Gasteiger partial charge on any atom is 0.335 e. The van der Waals surface area contributed by atoms with Crippen LogP contribution in [0.5, 0.6) is 0 Å². The molecule has 0 unspecified atom stereocenters. The summed E-state index contributed by atoms with van der Waals surface area (Å²) < 4.78 is 0. The molecule has 0 aliphatic carbocycles. The van der Waals surface area contributed by atoms with E-state index in [2.05, 4.69) is 0 Å². The van der Waals surface area contributed by atoms with Gasteiger partial charge in [0.1, 0.15) is 0 Å². The molecule has 1 rings (SSSR count). The Morgan fingerprint density at radius 2 is 2.00 bits per heavy atom. The number of nitro benzene ring substituents is 1. The van der Waals surface area contributed by atoms with Crippen molar-refractivity contribution in [3.8, 4) is 0 Å². The first-order valence-electron chi connectivity index (χ1n) is 4.09. The van der Waals surface area contributed by atoms with E-state index in [1.165, 1.54) is 18.2 Å². The van der Waals surface area contributed by atoms with Gasteiger partial charge in [0, 0.05) is 12.1 Å². The molecule has 5 heteroatoms. The van der Waals surface area contributed by atoms with Crippen molar-refractivity contribution >= 4 is 11.7 Å². The first-order chi connectivity index (χ1) is 6.61. The van der Waals surface area contributed by atoms with Crippen molar-refractivity contribution in [3.05, 3.63) is 39.9 Å². The fourth-order valence-electron chi connectivity index (χ4n) is 0.753. The van der Waals surface area contributed by atoms with Gasteiger partial charge in [-0.25, -0.2) is 4.79 Å². The van der Waals surface area contributed by atoms with Gasteiger partial charge in [0.25, 0.3) is 5.69 Å². The lowest BCUT2D eigenvalue weighted by atomic mass is 10.2. The molecule has 1 aromatic rings. The number of benzene rings is 1. The average molecular weight is 197 g/mol. The van der Waals surface area contributed by atoms with Crippen molar-refractivity contribution in [1.82, 2.24) is 0 Å². The second kappa shape index (κ2) is 5.69. The van der Waals surface area contributed by atoms with Crippen LogP contribution in [0.15, 0.2) is 24.3 Å². The number of hydrogen-bond donors (Lipinski definition) is 1. The average Bonchev–Trinajstić information content (AvgIpc) is 2.21. The first kappa shape index (κ1) is 12.1. The van der Waals surface area contributed by atoms with Gasteiger partial charge in [0.15, 0.2) is 0 Å². The molecular weight excluding hydrogens is 186 g/mol. The minimum Gasteiger partial charge on any atom is -0.478 e. The lowest BCUT2D eigenvalue weighted by Crippen LogP contribution is -1.97. The van der Waals surface area contributed by atoms with Gasteiger partial charge in [0.2, 0.25) is 0 Å². The van der Waals surface area contributed by atoms with Crippen LogP contribution in [0.25, 0.3) is 0 Å². The maximum absolute atomic E-state index is 10.4. The minimum absolute atomic E-state index is 0.0794. The summed E-state index contributed by atoms with van der Waals surface area (Å²) >= 11 is 0. The van der Waals surface area contributed by atoms with Crippen LogP contribution in [0.4, 0.5) is 5.69 Å². The van der Waals surface area contributed by atoms with Crippen LogP contribution in [0.2, 0.25) is 0 Å². The van der Waals surface area contributed by atoms with Crippen LogP contribution in [0, 0.1) is 10.1 Å². The summed E-state index contributed by atoms with van der Waals surface area (Å²) in [6.45, 7) is 4.00. The molecule has 0 aliphatic heterocycles. The monoisotopic (exact) mass is 197 g/mol. The van der Waals surface area contributed by atoms with E-state index in [-0.39, 0.29) is 11.3 Å². The summed E-state index contributed by atoms with van der Waals surface area (Å²) in [6.07, 6.45) is 0. The summed E-state index contributed by atoms with van der Waals surface area (Å²) in [6, 6.07) is 4.89. The molecule has 0 aliphatic rings. The van der Waals surface area contributed by atoms with E-state index in [1.54, 1.807) is 0 Å². The number of non-ortho nitro benzene ring substituents is 1. The van der Waals surface area contributed by atoms with Crippen molar-refractivity contribution in [1.29, 1.82) is 0 Å². The fourth-order valence-corrected chi connectivity index (χ4v) is 0.753. The standard InChI is InChI=1S/C7H5NO4.C2H6/c9-7(10)5-2-1-3-6(4-5)8(11)12;1-2/h1-4H,(H,9,10);1-2H3. The molecule has 0 atom stereocenters. The summed E-state index contributed by atoms with van der Waals surface area (Å²) in [7, 11) is 0. The van der Waals surface area contributed by atoms with Crippen molar-refractivity contribution < 1.29 is 14.8 Å². The third kappa shape index (κ3) is 3.22. The van der Waals surface area contributed by atoms with Crippen molar-refractivity contribution in [2.24, 2.45) is 0 Å². The number of rotatable bonds is 2. The highest BCUT2D eigenvalue weighted by Gasteiger charge is 2.08. The summed E-state index contributed by atoms with van der Waals surface area (Å²) in [5.41, 5.74) is -0.292. The number of carbonyl (C=O) groups is 1. The SMILES string of the molecule is CC.O=C(O)c1cccc([N+](=O)[O-])c1. The molecule has 0 heterocycles. The smallest absolute Gasteiger partial charge is 0.335 e. The highest BCUT2D eigenvalue weighted by molar-refractivity contribution is 5.88. The molecule has 76 valence electrons. The van der Waals surface area contributed by atoms with Crippen molar-refractivity contribution in [3.63, 3.8) is 0 Å². The Labute approximate surface area is 81.1 Å². The molecule has 0 saturated heterocycles. The zero-order valence-electron chi connectivity index (χ0n) is 7.93. The molecule has 0 radical (unpaired) electrons. The molecule has 0 spiro atoms. The highest BCUT2D eigenvalue weighted by atomic mass is 16.6. The van der Waals surface area contributed by atoms with E-state index in [4.69, 9.17) is 5.11 Å². The molecule has 1 N–H and O–H groups in total. The zero-order valence-corrected chi connectivity index (χ0v) is 7.93. The van der Waals surface area contributed by atoms with Gasteiger partial charge in [-0.15, -0.1) is 0 Å². The number of aromatic carboxylic acids is 1. The van der Waals surface area contributed by atoms with Crippen LogP contribution >= 0.6 is 0 Å². The van der Waals surface area contributed by atoms with Gasteiger partial charge < -0.3 is 5.11 Å². The zero-order chi connectivity index (χ0) is 11.1. The van der Waals surface area contributed by atoms with E-state index in [0.29, 0.717) is 0 Å². The Morgan fingerprint density at radius 1 is 1.43 bits per heavy atom. The van der Waals surface area contributed by atoms with Gasteiger partial charge in [-0.3, -0.25) is 10.1 Å². The molecular formula is C9H11NO4. The molecule has 0 amide bonds. The Bertz CT molecular complexity index is 306. The number of nitrogens with zero attached hydrogens (tertiary/aromatic N) is 1. The van der Waals surface area contributed by atoms with Gasteiger partial charge >= 0.3 is 5.97 Å². The van der Waals surface area contributed by atoms with E-state index in [0.717, 1.165) is 6.07 Å². The Kier molecular flexibility index (Phi) is 4.91. The minimum atomic E-state index is -1.17. The Morgan fingerprint density at radius 3 is 2.43 bits per heavy atom. The summed E-state index contributed by atoms with van der Waals surface area (Å²) in [4.78, 5) is 19.9. The van der Waals surface area contributed by atoms with Crippen molar-refractivity contribution in [2.45, 2.75) is 13.8 Å². The summed E-state index contributed by atoms with van der Waals surface area (Å²) in [5.74, 6) is -1.17. The van der Waals surface area contributed by atoms with Crippen LogP contribution in [-0.2, 0) is 0 Å². The third-order valence-electron chi connectivity index (χ3n) is 1.30. The third-order valence-corrected chi connectivity index (χ3v) is 1.30. The molecule has 0 saturated carbocycles. The van der Waals surface area contributed by atoms with Crippen LogP contribution in [0.3, 0.4) is 0 Å². The highest BCUT2D eigenvalue weighted by Crippen LogP contribution is 2.12. The number of nitro groups is 1. The Balaban J connectivity index is 0.000000791. The molecule has 0 fully saturated rings. The second-order valence-electron chi connectivity index (χ2n) is 2.11. The maximum atomic E-state index is 10.4. The number of carboxylic acid groups (broad SMARTS) is 1. The molecule has 0 aromatic heterocycles. The van der Waals surface area contributed by atoms with Crippen LogP contribution in [0.1, 0.15) is 24.2 Å². The predicted molar refractivity (Wildman–Crippen MR) is 51.4 cm³/mol. The molecule has 0 bridgehead atoms. The van der Waals surface area contributed by atoms with Crippen LogP contribution < -0.4 is 0 Å². The van der Waals surface area contributed by atoms with Gasteiger partial charge in [0.05, 0.1) is 10.5 Å². The quantitative estimate of drug-likeness (QED) is 0.582. The predicted octanol–water partition coefficient (Wildman–Crippen LogP) is 2.32. The number of carboxylic acids is 1. The van der Waals surface area contributed by atoms with E-state index >= 15 is 0 Å². The van der Waals surface area contributed by atoms with Crippen LogP contribution in [-0.4, -0.2) is 16.0 Å². The summed E-state index contributed by atoms with van der Waals surface area (Å²) in [5, 5.41) is 18.7. The lowest BCUT2D eigenvalue weighted by Gasteiger charge is -1.92. The van der Waals surface area contributed by atoms with Gasteiger partial charge in [-0.2, -0.15) is 0 Å².